The lowest BCUT2D eigenvalue weighted by Crippen LogP contribution is -1.23. The van der Waals surface area contributed by atoms with Crippen molar-refractivity contribution in [2.45, 2.75) is 6.92 Å². The van der Waals surface area contributed by atoms with Crippen molar-refractivity contribution in [3.05, 3.63) is 17.3 Å². The minimum Gasteiger partial charge on any atom is -0.103 e. The third-order valence-electron chi connectivity index (χ3n) is 0.199. The lowest BCUT2D eigenvalue weighted by Gasteiger charge is -1.44. The van der Waals surface area contributed by atoms with Gasteiger partial charge >= 0.3 is 0 Å². The summed E-state index contributed by atoms with van der Waals surface area (Å²) in [5, 5.41) is 0. The van der Waals surface area contributed by atoms with Crippen LogP contribution in [0.3, 0.4) is 0 Å². The fourth-order valence-corrected chi connectivity index (χ4v) is 0.164. The summed E-state index contributed by atoms with van der Waals surface area (Å²) in [4.78, 5) is 0. The maximum absolute atomic E-state index is 4.91. The Bertz CT molecular complexity index is 52.0. The van der Waals surface area contributed by atoms with Gasteiger partial charge in [0.15, 0.2) is 0 Å². The summed E-state index contributed by atoms with van der Waals surface area (Å²) in [5.41, 5.74) is 4.69. The molecule has 0 aliphatic rings. The van der Waals surface area contributed by atoms with E-state index in [4.69, 9.17) is 11.6 Å². The third kappa shape index (κ3) is 3.81. The predicted octanol–water partition coefficient (Wildman–Crippen LogP) is 1.72. The highest BCUT2D eigenvalue weighted by Gasteiger charge is 1.40. The molecule has 0 aromatic rings. The molecule has 0 N–H and O–H groups in total. The molecule has 0 amide bonds. The zero-order valence-electron chi connectivity index (χ0n) is 2.96. The van der Waals surface area contributed by atoms with Crippen LogP contribution in [0.4, 0.5) is 0 Å². The van der Waals surface area contributed by atoms with Gasteiger partial charge in [0, 0.05) is 0 Å². The summed E-state index contributed by atoms with van der Waals surface area (Å²) in [6.07, 6.45) is 1.69. The van der Waals surface area contributed by atoms with Crippen molar-refractivity contribution in [3.63, 3.8) is 0 Å². The topological polar surface area (TPSA) is 0 Å². The van der Waals surface area contributed by atoms with Crippen molar-refractivity contribution in [2.75, 3.05) is 0 Å². The molecule has 0 nitrogen and oxygen atoms in total. The van der Waals surface area contributed by atoms with E-state index in [1.165, 1.54) is 0 Å². The van der Waals surface area contributed by atoms with Crippen molar-refractivity contribution in [1.29, 1.82) is 0 Å². The third-order valence-corrected chi connectivity index (χ3v) is 0.308. The van der Waals surface area contributed by atoms with E-state index in [1.54, 1.807) is 6.08 Å². The molecule has 0 atom stereocenters. The quantitative estimate of drug-likeness (QED) is 0.395. The molecule has 27 valence electrons. The largest absolute Gasteiger partial charge is 0.109 e. The fraction of sp³-hybridized carbons (Fsp3) is 0.250. The van der Waals surface area contributed by atoms with E-state index in [1.807, 2.05) is 6.92 Å². The van der Waals surface area contributed by atoms with Crippen molar-refractivity contribution in [3.8, 4) is 0 Å². The summed E-state index contributed by atoms with van der Waals surface area (Å²) in [7, 11) is 0. The molecule has 1 radical (unpaired) electrons. The van der Waals surface area contributed by atoms with Gasteiger partial charge in [0.05, 0.1) is 0 Å². The monoisotopic (exact) mass is 87.0 g/mol. The maximum atomic E-state index is 4.91. The van der Waals surface area contributed by atoms with Crippen LogP contribution in [-0.4, -0.2) is 0 Å². The molecule has 0 aliphatic carbocycles. The Morgan fingerprint density at radius 2 is 2.40 bits per heavy atom. The summed E-state index contributed by atoms with van der Waals surface area (Å²) in [5.74, 6) is 0. The zero-order chi connectivity index (χ0) is 4.12. The number of allylic oxidation sites excluding steroid dienone is 1. The lowest BCUT2D eigenvalue weighted by atomic mass is 10.7. The van der Waals surface area contributed by atoms with Crippen LogP contribution in [0.15, 0.2) is 11.8 Å². The number of halogens is 1. The van der Waals surface area contributed by atoms with Crippen LogP contribution < -0.4 is 0 Å². The number of rotatable bonds is 0. The highest BCUT2D eigenvalue weighted by Crippen LogP contribution is 1.66. The van der Waals surface area contributed by atoms with Gasteiger partial charge in [0.2, 0.25) is 0 Å². The van der Waals surface area contributed by atoms with Gasteiger partial charge in [-0.15, -0.1) is 5.73 Å². The second kappa shape index (κ2) is 3.81. The molecule has 0 bridgehead atoms. The molecule has 0 unspecified atom stereocenters. The first-order chi connectivity index (χ1) is 2.41. The van der Waals surface area contributed by atoms with Crippen LogP contribution in [0, 0.1) is 5.54 Å². The Balaban J connectivity index is 3.26. The molecule has 0 aromatic carbocycles. The predicted molar refractivity (Wildman–Crippen MR) is 22.9 cm³/mol. The minimum atomic E-state index is 1.69. The van der Waals surface area contributed by atoms with Crippen molar-refractivity contribution < 1.29 is 0 Å². The van der Waals surface area contributed by atoms with Crippen LogP contribution in [0.1, 0.15) is 6.92 Å². The molecule has 0 saturated carbocycles. The summed E-state index contributed by atoms with van der Waals surface area (Å²) < 4.78 is 0. The van der Waals surface area contributed by atoms with E-state index in [0.717, 1.165) is 0 Å². The van der Waals surface area contributed by atoms with Crippen molar-refractivity contribution >= 4 is 11.6 Å². The number of hydrogen-bond acceptors (Lipinski definition) is 0. The molecule has 0 aromatic heterocycles. The molecule has 0 rings (SSSR count). The second-order valence-corrected chi connectivity index (χ2v) is 0.716. The number of hydrogen-bond donors (Lipinski definition) is 0. The highest BCUT2D eigenvalue weighted by molar-refractivity contribution is 6.21. The highest BCUT2D eigenvalue weighted by atomic mass is 35.5. The molecule has 0 spiro atoms. The average Bonchev–Trinajstić information content (AvgIpc) is 1.41. The van der Waals surface area contributed by atoms with E-state index in [0.29, 0.717) is 0 Å². The SMILES string of the molecule is CC=C=[C]Cl. The average molecular weight is 87.5 g/mol. The van der Waals surface area contributed by atoms with Crippen LogP contribution in [0.5, 0.6) is 0 Å². The zero-order valence-corrected chi connectivity index (χ0v) is 3.71. The first-order valence-corrected chi connectivity index (χ1v) is 1.68. The molecule has 5 heavy (non-hydrogen) atoms. The first kappa shape index (κ1) is 4.81. The van der Waals surface area contributed by atoms with Crippen LogP contribution in [0.2, 0.25) is 0 Å². The normalized spacial score (nSPS) is 5.20. The molecule has 0 saturated heterocycles. The van der Waals surface area contributed by atoms with Crippen LogP contribution >= 0.6 is 11.6 Å². The molecular formula is C4H4Cl. The smallest absolute Gasteiger partial charge is 0.103 e. The maximum Gasteiger partial charge on any atom is 0.109 e. The Labute approximate surface area is 36.8 Å². The van der Waals surface area contributed by atoms with Gasteiger partial charge in [-0.3, -0.25) is 0 Å². The van der Waals surface area contributed by atoms with E-state index >= 15 is 0 Å². The van der Waals surface area contributed by atoms with Crippen LogP contribution in [-0.2, 0) is 0 Å². The van der Waals surface area contributed by atoms with E-state index < -0.39 is 0 Å². The Kier molecular flexibility index (Phi) is 3.67. The minimum absolute atomic E-state index is 1.69. The van der Waals surface area contributed by atoms with Gasteiger partial charge in [-0.05, 0) is 13.0 Å². The molecule has 0 fully saturated rings. The summed E-state index contributed by atoms with van der Waals surface area (Å²) in [6, 6.07) is 0. The Morgan fingerprint density at radius 1 is 1.80 bits per heavy atom. The summed E-state index contributed by atoms with van der Waals surface area (Å²) >= 11 is 4.91. The van der Waals surface area contributed by atoms with E-state index in [9.17, 15) is 0 Å². The molecule has 0 heterocycles. The second-order valence-electron chi connectivity index (χ2n) is 0.528. The van der Waals surface area contributed by atoms with Gasteiger partial charge in [-0.25, -0.2) is 0 Å². The summed E-state index contributed by atoms with van der Waals surface area (Å²) in [6.45, 7) is 1.83. The standard InChI is InChI=1S/C4H4Cl/c1-2-3-4-5/h2H,1H3. The van der Waals surface area contributed by atoms with Gasteiger partial charge in [-0.2, -0.15) is 0 Å². The molecule has 0 aliphatic heterocycles. The van der Waals surface area contributed by atoms with Gasteiger partial charge in [0.25, 0.3) is 0 Å². The lowest BCUT2D eigenvalue weighted by molar-refractivity contribution is 1.77. The van der Waals surface area contributed by atoms with Gasteiger partial charge in [-0.1, -0.05) is 11.6 Å². The Morgan fingerprint density at radius 3 is 2.40 bits per heavy atom. The van der Waals surface area contributed by atoms with Crippen molar-refractivity contribution in [1.82, 2.24) is 0 Å². The van der Waals surface area contributed by atoms with Gasteiger partial charge < -0.3 is 0 Å². The van der Waals surface area contributed by atoms with E-state index in [-0.39, 0.29) is 0 Å². The van der Waals surface area contributed by atoms with Crippen molar-refractivity contribution in [2.24, 2.45) is 0 Å². The van der Waals surface area contributed by atoms with Gasteiger partial charge in [0.1, 0.15) is 5.54 Å². The fourth-order valence-electron chi connectivity index (χ4n) is 0.0546. The molecular weight excluding hydrogens is 83.5 g/mol. The van der Waals surface area contributed by atoms with E-state index in [2.05, 4.69) is 11.3 Å². The molecule has 1 heteroatoms. The Hall–Kier alpha value is -0.190. The van der Waals surface area contributed by atoms with Crippen LogP contribution in [0.25, 0.3) is 0 Å². The first-order valence-electron chi connectivity index (χ1n) is 1.31.